The summed E-state index contributed by atoms with van der Waals surface area (Å²) in [7, 11) is 0. The first-order chi connectivity index (χ1) is 11.6. The van der Waals surface area contributed by atoms with Crippen LogP contribution in [0.1, 0.15) is 5.76 Å². The molecule has 26 heavy (non-hydrogen) atoms. The van der Waals surface area contributed by atoms with Crippen LogP contribution in [0.5, 0.6) is 0 Å². The lowest BCUT2D eigenvalue weighted by Gasteiger charge is -2.36. The predicted molar refractivity (Wildman–Crippen MR) is 100.0 cm³/mol. The highest BCUT2D eigenvalue weighted by molar-refractivity contribution is 5.91. The van der Waals surface area contributed by atoms with Gasteiger partial charge in [0, 0.05) is 45.3 Å². The number of aromatic nitrogens is 1. The number of amides is 2. The van der Waals surface area contributed by atoms with Gasteiger partial charge in [-0.1, -0.05) is 5.16 Å². The van der Waals surface area contributed by atoms with E-state index in [1.54, 1.807) is 13.0 Å². The van der Waals surface area contributed by atoms with E-state index in [0.717, 1.165) is 6.54 Å². The van der Waals surface area contributed by atoms with Crippen LogP contribution >= 0.6 is 24.8 Å². The number of hydrogen-bond acceptors (Lipinski definition) is 7. The summed E-state index contributed by atoms with van der Waals surface area (Å²) in [5.74, 6) is 0.970. The lowest BCUT2D eigenvalue weighted by atomic mass is 10.2. The third-order valence-corrected chi connectivity index (χ3v) is 4.15. The number of ether oxygens (including phenoxy) is 1. The minimum Gasteiger partial charge on any atom is -0.366 e. The number of carbonyl (C=O) groups is 2. The van der Waals surface area contributed by atoms with E-state index in [4.69, 9.17) is 9.26 Å². The van der Waals surface area contributed by atoms with E-state index in [1.165, 1.54) is 0 Å². The molecule has 0 spiro atoms. The van der Waals surface area contributed by atoms with E-state index in [0.29, 0.717) is 50.9 Å². The summed E-state index contributed by atoms with van der Waals surface area (Å²) >= 11 is 0. The molecule has 1 aromatic heterocycles. The molecule has 3 rings (SSSR count). The fourth-order valence-electron chi connectivity index (χ4n) is 2.86. The molecule has 1 unspecified atom stereocenters. The Hall–Kier alpha value is -1.39. The number of nitrogens with one attached hydrogen (secondary N) is 2. The van der Waals surface area contributed by atoms with E-state index in [9.17, 15) is 9.59 Å². The van der Waals surface area contributed by atoms with Crippen LogP contribution in [0.2, 0.25) is 0 Å². The molecule has 2 N–H and O–H groups in total. The molecule has 1 atom stereocenters. The van der Waals surface area contributed by atoms with Crippen LogP contribution in [0.4, 0.5) is 5.82 Å². The lowest BCUT2D eigenvalue weighted by molar-refractivity contribution is -0.147. The zero-order chi connectivity index (χ0) is 16.9. The zero-order valence-corrected chi connectivity index (χ0v) is 16.2. The molecule has 148 valence electrons. The number of hydrogen-bond donors (Lipinski definition) is 2. The van der Waals surface area contributed by atoms with E-state index >= 15 is 0 Å². The lowest BCUT2D eigenvalue weighted by Crippen LogP contribution is -2.55. The molecule has 1 aromatic rings. The van der Waals surface area contributed by atoms with Gasteiger partial charge in [-0.3, -0.25) is 14.5 Å². The second-order valence-corrected chi connectivity index (χ2v) is 6.04. The highest BCUT2D eigenvalue weighted by atomic mass is 35.5. The SMILES string of the molecule is Cc1cc(NC(=O)CN2CCN(C(=O)C3CNCCO3)CC2)no1.Cl.Cl. The van der Waals surface area contributed by atoms with Gasteiger partial charge in [-0.05, 0) is 6.92 Å². The smallest absolute Gasteiger partial charge is 0.253 e. The van der Waals surface area contributed by atoms with Gasteiger partial charge in [0.2, 0.25) is 5.91 Å². The second-order valence-electron chi connectivity index (χ2n) is 6.04. The summed E-state index contributed by atoms with van der Waals surface area (Å²) < 4.78 is 10.4. The van der Waals surface area contributed by atoms with Crippen LogP contribution in [0.3, 0.4) is 0 Å². The Balaban J connectivity index is 0.00000169. The second kappa shape index (κ2) is 10.7. The van der Waals surface area contributed by atoms with Gasteiger partial charge in [0.25, 0.3) is 5.91 Å². The van der Waals surface area contributed by atoms with Crippen LogP contribution in [0.15, 0.2) is 10.6 Å². The number of piperazine rings is 1. The topological polar surface area (TPSA) is 99.9 Å². The Morgan fingerprint density at radius 2 is 2.04 bits per heavy atom. The third-order valence-electron chi connectivity index (χ3n) is 4.15. The van der Waals surface area contributed by atoms with Gasteiger partial charge in [-0.15, -0.1) is 24.8 Å². The van der Waals surface area contributed by atoms with Crippen molar-refractivity contribution in [2.24, 2.45) is 0 Å². The fraction of sp³-hybridized carbons (Fsp3) is 0.667. The summed E-state index contributed by atoms with van der Waals surface area (Å²) in [5.41, 5.74) is 0. The number of aryl methyl sites for hydroxylation is 1. The van der Waals surface area contributed by atoms with Crippen molar-refractivity contribution in [1.29, 1.82) is 0 Å². The zero-order valence-electron chi connectivity index (χ0n) is 14.6. The summed E-state index contributed by atoms with van der Waals surface area (Å²) in [6, 6.07) is 1.67. The van der Waals surface area contributed by atoms with Crippen molar-refractivity contribution in [3.8, 4) is 0 Å². The molecular weight excluding hydrogens is 385 g/mol. The molecule has 11 heteroatoms. The monoisotopic (exact) mass is 409 g/mol. The maximum Gasteiger partial charge on any atom is 0.253 e. The van der Waals surface area contributed by atoms with Gasteiger partial charge in [0.15, 0.2) is 5.82 Å². The highest BCUT2D eigenvalue weighted by Gasteiger charge is 2.29. The molecule has 2 amide bonds. The quantitative estimate of drug-likeness (QED) is 0.715. The van der Waals surface area contributed by atoms with Crippen molar-refractivity contribution in [3.63, 3.8) is 0 Å². The minimum atomic E-state index is -0.385. The van der Waals surface area contributed by atoms with Crippen molar-refractivity contribution >= 4 is 42.4 Å². The third kappa shape index (κ3) is 6.10. The van der Waals surface area contributed by atoms with Crippen LogP contribution < -0.4 is 10.6 Å². The molecule has 2 fully saturated rings. The maximum absolute atomic E-state index is 12.4. The maximum atomic E-state index is 12.4. The first kappa shape index (κ1) is 22.7. The minimum absolute atomic E-state index is 0. The van der Waals surface area contributed by atoms with E-state index in [2.05, 4.69) is 15.8 Å². The van der Waals surface area contributed by atoms with E-state index in [-0.39, 0.29) is 49.3 Å². The molecule has 2 aliphatic heterocycles. The molecule has 0 bridgehead atoms. The summed E-state index contributed by atoms with van der Waals surface area (Å²) in [6.45, 7) is 6.51. The number of rotatable bonds is 4. The molecule has 2 aliphatic rings. The van der Waals surface area contributed by atoms with Crippen molar-refractivity contribution in [3.05, 3.63) is 11.8 Å². The molecule has 0 aromatic carbocycles. The Labute approximate surface area is 164 Å². The average Bonchev–Trinajstić information content (AvgIpc) is 3.00. The van der Waals surface area contributed by atoms with Gasteiger partial charge in [-0.25, -0.2) is 0 Å². The molecule has 3 heterocycles. The summed E-state index contributed by atoms with van der Waals surface area (Å²) in [4.78, 5) is 28.2. The van der Waals surface area contributed by atoms with E-state index in [1.807, 2.05) is 9.80 Å². The van der Waals surface area contributed by atoms with Gasteiger partial charge in [-0.2, -0.15) is 0 Å². The standard InChI is InChI=1S/C15H23N5O4.2ClH/c1-11-8-13(18-24-11)17-14(21)10-19-3-5-20(6-4-19)15(22)12-9-16-2-7-23-12;;/h8,12,16H,2-7,9-10H2,1H3,(H,17,18,21);2*1H. The van der Waals surface area contributed by atoms with Crippen molar-refractivity contribution in [2.75, 3.05) is 57.7 Å². The molecule has 9 nitrogen and oxygen atoms in total. The fourth-order valence-corrected chi connectivity index (χ4v) is 2.86. The number of anilines is 1. The van der Waals surface area contributed by atoms with Crippen molar-refractivity contribution in [1.82, 2.24) is 20.3 Å². The molecular formula is C15H25Cl2N5O4. The summed E-state index contributed by atoms with van der Waals surface area (Å²) in [5, 5.41) is 9.60. The molecule has 0 aliphatic carbocycles. The van der Waals surface area contributed by atoms with Crippen LogP contribution in [0.25, 0.3) is 0 Å². The highest BCUT2D eigenvalue weighted by Crippen LogP contribution is 2.09. The number of nitrogens with zero attached hydrogens (tertiary/aromatic N) is 3. The normalized spacial score (nSPS) is 20.7. The van der Waals surface area contributed by atoms with Crippen LogP contribution in [0, 0.1) is 6.92 Å². The van der Waals surface area contributed by atoms with Crippen LogP contribution in [-0.2, 0) is 14.3 Å². The van der Waals surface area contributed by atoms with E-state index < -0.39 is 0 Å². The Morgan fingerprint density at radius 1 is 1.31 bits per heavy atom. The summed E-state index contributed by atoms with van der Waals surface area (Å²) in [6.07, 6.45) is -0.385. The predicted octanol–water partition coefficient (Wildman–Crippen LogP) is -0.102. The average molecular weight is 410 g/mol. The first-order valence-electron chi connectivity index (χ1n) is 8.18. The Morgan fingerprint density at radius 3 is 2.62 bits per heavy atom. The number of morpholine rings is 1. The Bertz CT molecular complexity index is 586. The van der Waals surface area contributed by atoms with Gasteiger partial charge in [0.05, 0.1) is 13.2 Å². The number of halogens is 2. The largest absolute Gasteiger partial charge is 0.366 e. The van der Waals surface area contributed by atoms with Gasteiger partial charge in [0.1, 0.15) is 11.9 Å². The molecule has 0 radical (unpaired) electrons. The molecule has 2 saturated heterocycles. The van der Waals surface area contributed by atoms with Crippen molar-refractivity contribution in [2.45, 2.75) is 13.0 Å². The van der Waals surface area contributed by atoms with Crippen LogP contribution in [-0.4, -0.2) is 85.3 Å². The molecule has 0 saturated carbocycles. The number of carbonyl (C=O) groups excluding carboxylic acids is 2. The van der Waals surface area contributed by atoms with Gasteiger partial charge < -0.3 is 24.8 Å². The van der Waals surface area contributed by atoms with Gasteiger partial charge >= 0.3 is 0 Å². The Kier molecular flexibility index (Phi) is 9.31. The first-order valence-corrected chi connectivity index (χ1v) is 8.18. The van der Waals surface area contributed by atoms with Crippen molar-refractivity contribution < 1.29 is 18.8 Å².